The summed E-state index contributed by atoms with van der Waals surface area (Å²) >= 11 is 0. The summed E-state index contributed by atoms with van der Waals surface area (Å²) in [5.74, 6) is -2.09. The van der Waals surface area contributed by atoms with E-state index in [-0.39, 0.29) is 73.3 Å². The minimum atomic E-state index is -0.990. The minimum Gasteiger partial charge on any atom is -0.429 e. The molecule has 1 aliphatic heterocycles. The second kappa shape index (κ2) is 21.5. The topological polar surface area (TPSA) is 191 Å². The number of benzene rings is 3. The summed E-state index contributed by atoms with van der Waals surface area (Å²) < 4.78 is 10.2. The van der Waals surface area contributed by atoms with Crippen LogP contribution in [-0.4, -0.2) is 58.0 Å². The zero-order valence-electron chi connectivity index (χ0n) is 30.8. The molecule has 14 heteroatoms. The van der Waals surface area contributed by atoms with E-state index in [9.17, 15) is 38.9 Å². The quantitative estimate of drug-likeness (QED) is 0.0282. The highest BCUT2D eigenvalue weighted by Gasteiger charge is 2.28. The van der Waals surface area contributed by atoms with E-state index in [2.05, 4.69) is 17.6 Å². The maximum absolute atomic E-state index is 13.8. The van der Waals surface area contributed by atoms with Crippen molar-refractivity contribution in [2.75, 3.05) is 11.9 Å². The number of nitro groups is 1. The van der Waals surface area contributed by atoms with E-state index in [1.165, 1.54) is 41.3 Å². The van der Waals surface area contributed by atoms with Crippen LogP contribution in [0.1, 0.15) is 75.8 Å². The largest absolute Gasteiger partial charge is 0.514 e. The van der Waals surface area contributed by atoms with Gasteiger partial charge in [0.15, 0.2) is 5.78 Å². The average molecular weight is 755 g/mol. The van der Waals surface area contributed by atoms with E-state index in [1.807, 2.05) is 30.3 Å². The van der Waals surface area contributed by atoms with Gasteiger partial charge < -0.3 is 20.1 Å². The number of non-ortho nitro benzene ring substituents is 1. The molecule has 0 aliphatic carbocycles. The van der Waals surface area contributed by atoms with Gasteiger partial charge in [0.2, 0.25) is 11.8 Å². The van der Waals surface area contributed by atoms with Crippen molar-refractivity contribution >= 4 is 46.9 Å². The van der Waals surface area contributed by atoms with Crippen molar-refractivity contribution in [3.63, 3.8) is 0 Å². The lowest BCUT2D eigenvalue weighted by Crippen LogP contribution is -2.43. The Morgan fingerprint density at radius 3 is 2.16 bits per heavy atom. The Morgan fingerprint density at radius 2 is 1.51 bits per heavy atom. The molecule has 1 unspecified atom stereocenters. The third kappa shape index (κ3) is 14.0. The Balaban J connectivity index is 1.31. The maximum Gasteiger partial charge on any atom is 0.514 e. The number of Topliss-reactive ketones (excluding diaryl/α,β-unsaturated/α-hetero) is 1. The van der Waals surface area contributed by atoms with E-state index < -0.39 is 23.0 Å². The van der Waals surface area contributed by atoms with Crippen molar-refractivity contribution < 1.29 is 43.2 Å². The molecule has 4 amide bonds. The molecule has 0 saturated carbocycles. The van der Waals surface area contributed by atoms with Crippen LogP contribution in [0.3, 0.4) is 0 Å². The Bertz CT molecular complexity index is 1810. The highest BCUT2D eigenvalue weighted by Crippen LogP contribution is 2.21. The molecule has 1 aliphatic rings. The highest BCUT2D eigenvalue weighted by atomic mass is 16.7. The Hall–Kier alpha value is -6.18. The van der Waals surface area contributed by atoms with Crippen molar-refractivity contribution in [3.8, 4) is 5.75 Å². The van der Waals surface area contributed by atoms with Gasteiger partial charge in [0.25, 0.3) is 17.5 Å². The molecule has 3 aromatic rings. The third-order valence-electron chi connectivity index (χ3n) is 8.99. The minimum absolute atomic E-state index is 0.0674. The zero-order chi connectivity index (χ0) is 39.6. The summed E-state index contributed by atoms with van der Waals surface area (Å²) in [5, 5.41) is 16.6. The number of nitrogens with one attached hydrogen (secondary N) is 2. The third-order valence-corrected chi connectivity index (χ3v) is 8.99. The lowest BCUT2D eigenvalue weighted by atomic mass is 9.90. The van der Waals surface area contributed by atoms with Crippen LogP contribution >= 0.6 is 0 Å². The number of hydrogen-bond donors (Lipinski definition) is 2. The van der Waals surface area contributed by atoms with Gasteiger partial charge in [-0.2, -0.15) is 0 Å². The molecule has 55 heavy (non-hydrogen) atoms. The summed E-state index contributed by atoms with van der Waals surface area (Å²) in [6.07, 6.45) is 6.60. The first-order valence-electron chi connectivity index (χ1n) is 18.4. The van der Waals surface area contributed by atoms with Crippen molar-refractivity contribution in [3.05, 3.63) is 112 Å². The molecule has 0 saturated heterocycles. The SMILES string of the molecule is CCCCCC(CC(=O)[C@H](Cc1ccccc1)NC(=O)CCCCCN1C(=O)C=CC1=O)C(=O)Nc1ccc(COC(=O)Oc2ccc([N+](=O)[O-])cc2)cc1. The van der Waals surface area contributed by atoms with Crippen molar-refractivity contribution in [1.29, 1.82) is 0 Å². The van der Waals surface area contributed by atoms with Crippen LogP contribution in [0.2, 0.25) is 0 Å². The molecular formula is C41H46N4O10. The smallest absolute Gasteiger partial charge is 0.429 e. The fourth-order valence-corrected chi connectivity index (χ4v) is 5.93. The molecule has 290 valence electrons. The summed E-state index contributed by atoms with van der Waals surface area (Å²) in [7, 11) is 0. The van der Waals surface area contributed by atoms with Gasteiger partial charge in [0.1, 0.15) is 12.4 Å². The number of ether oxygens (including phenoxy) is 2. The van der Waals surface area contributed by atoms with Gasteiger partial charge in [-0.25, -0.2) is 4.79 Å². The molecular weight excluding hydrogens is 708 g/mol. The molecule has 0 aromatic heterocycles. The first-order chi connectivity index (χ1) is 26.5. The fourth-order valence-electron chi connectivity index (χ4n) is 5.93. The van der Waals surface area contributed by atoms with Gasteiger partial charge in [0, 0.05) is 55.3 Å². The first-order valence-corrected chi connectivity index (χ1v) is 18.4. The van der Waals surface area contributed by atoms with E-state index in [0.29, 0.717) is 36.9 Å². The van der Waals surface area contributed by atoms with Crippen molar-refractivity contribution in [2.24, 2.45) is 5.92 Å². The number of carbonyl (C=O) groups is 6. The van der Waals surface area contributed by atoms with Crippen molar-refractivity contribution in [1.82, 2.24) is 10.2 Å². The zero-order valence-corrected chi connectivity index (χ0v) is 30.8. The molecule has 0 radical (unpaired) electrons. The van der Waals surface area contributed by atoms with Gasteiger partial charge in [0.05, 0.1) is 11.0 Å². The van der Waals surface area contributed by atoms with Gasteiger partial charge in [-0.3, -0.25) is 39.0 Å². The van der Waals surface area contributed by atoms with E-state index in [4.69, 9.17) is 9.47 Å². The number of ketones is 1. The second-order valence-corrected chi connectivity index (χ2v) is 13.2. The standard InChI is InChI=1S/C41H46N4O10/c1-2-3-6-13-31(40(50)42-32-17-15-30(16-18-32)28-54-41(51)55-34-21-19-33(20-22-34)45(52)53)27-36(46)35(26-29-11-7-4-8-12-29)43-37(47)14-9-5-10-25-44-38(48)23-24-39(44)49/h4,7-8,11-12,15-24,31,35H,2-3,5-6,9-10,13-14,25-28H2,1H3,(H,42,50)(H,43,47)/t31?,35-/m0/s1. The Labute approximate surface area is 319 Å². The second-order valence-electron chi connectivity index (χ2n) is 13.2. The van der Waals surface area contributed by atoms with Gasteiger partial charge in [-0.05, 0) is 61.1 Å². The van der Waals surface area contributed by atoms with Crippen LogP contribution in [0.4, 0.5) is 16.2 Å². The number of unbranched alkanes of at least 4 members (excludes halogenated alkanes) is 4. The number of rotatable bonds is 22. The molecule has 4 rings (SSSR count). The first kappa shape index (κ1) is 41.6. The molecule has 0 spiro atoms. The summed E-state index contributed by atoms with van der Waals surface area (Å²) in [4.78, 5) is 87.5. The predicted molar refractivity (Wildman–Crippen MR) is 203 cm³/mol. The molecule has 1 heterocycles. The number of amides is 4. The van der Waals surface area contributed by atoms with E-state index in [1.54, 1.807) is 24.3 Å². The molecule has 2 N–H and O–H groups in total. The molecule has 3 aromatic carbocycles. The predicted octanol–water partition coefficient (Wildman–Crippen LogP) is 6.62. The number of carbonyl (C=O) groups excluding carboxylic acids is 6. The monoisotopic (exact) mass is 754 g/mol. The lowest BCUT2D eigenvalue weighted by Gasteiger charge is -2.22. The van der Waals surface area contributed by atoms with Crippen molar-refractivity contribution in [2.45, 2.75) is 83.8 Å². The van der Waals surface area contributed by atoms with E-state index >= 15 is 0 Å². The lowest BCUT2D eigenvalue weighted by molar-refractivity contribution is -0.384. The van der Waals surface area contributed by atoms with Crippen LogP contribution in [0, 0.1) is 16.0 Å². The maximum atomic E-state index is 13.8. The molecule has 2 atom stereocenters. The molecule has 0 fully saturated rings. The van der Waals surface area contributed by atoms with Crippen LogP contribution in [-0.2, 0) is 41.7 Å². The Morgan fingerprint density at radius 1 is 0.818 bits per heavy atom. The normalized spacial score (nSPS) is 13.2. The fraction of sp³-hybridized carbons (Fsp3) is 0.366. The number of anilines is 1. The van der Waals surface area contributed by atoms with E-state index in [0.717, 1.165) is 24.8 Å². The van der Waals surface area contributed by atoms with Crippen LogP contribution in [0.15, 0.2) is 91.0 Å². The van der Waals surface area contributed by atoms with Crippen LogP contribution in [0.5, 0.6) is 5.75 Å². The van der Waals surface area contributed by atoms with Crippen LogP contribution in [0.25, 0.3) is 0 Å². The average Bonchev–Trinajstić information content (AvgIpc) is 3.50. The molecule has 0 bridgehead atoms. The number of nitrogens with zero attached hydrogens (tertiary/aromatic N) is 2. The number of hydrogen-bond acceptors (Lipinski definition) is 10. The summed E-state index contributed by atoms with van der Waals surface area (Å²) in [6, 6.07) is 20.1. The number of imide groups is 1. The molecule has 14 nitrogen and oxygen atoms in total. The van der Waals surface area contributed by atoms with Gasteiger partial charge in [-0.15, -0.1) is 0 Å². The Kier molecular flexibility index (Phi) is 16.3. The summed E-state index contributed by atoms with van der Waals surface area (Å²) in [6.45, 7) is 2.21. The van der Waals surface area contributed by atoms with Crippen LogP contribution < -0.4 is 15.4 Å². The highest BCUT2D eigenvalue weighted by molar-refractivity contribution is 6.12. The summed E-state index contributed by atoms with van der Waals surface area (Å²) in [5.41, 5.74) is 1.82. The van der Waals surface area contributed by atoms with Gasteiger partial charge >= 0.3 is 6.16 Å². The van der Waals surface area contributed by atoms with Gasteiger partial charge in [-0.1, -0.05) is 75.1 Å². The number of nitro benzene ring substituents is 1.